The summed E-state index contributed by atoms with van der Waals surface area (Å²) in [6.45, 7) is 8.16. The quantitative estimate of drug-likeness (QED) is 0.904. The SMILES string of the molecule is C=C1CC(C)(C)N(C(C#N)c2ccc(OC)cc2)N1. The van der Waals surface area contributed by atoms with Crippen LogP contribution in [0.4, 0.5) is 0 Å². The molecule has 1 heterocycles. The van der Waals surface area contributed by atoms with Gasteiger partial charge >= 0.3 is 0 Å². The van der Waals surface area contributed by atoms with Gasteiger partial charge in [0.2, 0.25) is 0 Å². The summed E-state index contributed by atoms with van der Waals surface area (Å²) in [5, 5.41) is 11.5. The van der Waals surface area contributed by atoms with Gasteiger partial charge in [0.15, 0.2) is 0 Å². The smallest absolute Gasteiger partial charge is 0.141 e. The number of rotatable bonds is 3. The number of hydrogen-bond donors (Lipinski definition) is 1. The van der Waals surface area contributed by atoms with Crippen molar-refractivity contribution < 1.29 is 4.74 Å². The molecular weight excluding hydrogens is 238 g/mol. The van der Waals surface area contributed by atoms with Crippen LogP contribution >= 0.6 is 0 Å². The fraction of sp³-hybridized carbons (Fsp3) is 0.400. The molecule has 0 radical (unpaired) electrons. The van der Waals surface area contributed by atoms with E-state index in [1.54, 1.807) is 7.11 Å². The molecule has 0 bridgehead atoms. The number of ether oxygens (including phenoxy) is 1. The Morgan fingerprint density at radius 3 is 2.47 bits per heavy atom. The van der Waals surface area contributed by atoms with Crippen molar-refractivity contribution in [1.29, 1.82) is 5.26 Å². The van der Waals surface area contributed by atoms with Gasteiger partial charge in [0, 0.05) is 17.7 Å². The summed E-state index contributed by atoms with van der Waals surface area (Å²) >= 11 is 0. The summed E-state index contributed by atoms with van der Waals surface area (Å²) in [7, 11) is 1.63. The molecule has 0 saturated carbocycles. The van der Waals surface area contributed by atoms with E-state index in [-0.39, 0.29) is 11.6 Å². The minimum absolute atomic E-state index is 0.128. The summed E-state index contributed by atoms with van der Waals surface area (Å²) in [6, 6.07) is 9.60. The van der Waals surface area contributed by atoms with Crippen LogP contribution in [-0.4, -0.2) is 17.7 Å². The fourth-order valence-corrected chi connectivity index (χ4v) is 2.45. The average Bonchev–Trinajstić information content (AvgIpc) is 2.65. The Labute approximate surface area is 114 Å². The van der Waals surface area contributed by atoms with Crippen molar-refractivity contribution in [3.63, 3.8) is 0 Å². The van der Waals surface area contributed by atoms with E-state index >= 15 is 0 Å². The minimum Gasteiger partial charge on any atom is -0.497 e. The molecule has 0 aromatic heterocycles. The molecule has 1 aromatic carbocycles. The third-order valence-corrected chi connectivity index (χ3v) is 3.39. The fourth-order valence-electron chi connectivity index (χ4n) is 2.45. The summed E-state index contributed by atoms with van der Waals surface area (Å²) < 4.78 is 5.14. The third-order valence-electron chi connectivity index (χ3n) is 3.39. The summed E-state index contributed by atoms with van der Waals surface area (Å²) in [6.07, 6.45) is 0.835. The number of nitrogens with one attached hydrogen (secondary N) is 1. The lowest BCUT2D eigenvalue weighted by atomic mass is 9.97. The van der Waals surface area contributed by atoms with E-state index in [9.17, 15) is 5.26 Å². The Bertz CT molecular complexity index is 513. The Kier molecular flexibility index (Phi) is 3.50. The van der Waals surface area contributed by atoms with Crippen LogP contribution in [0.25, 0.3) is 0 Å². The Balaban J connectivity index is 2.29. The minimum atomic E-state index is -0.347. The number of methoxy groups -OCH3 is 1. The molecule has 19 heavy (non-hydrogen) atoms. The van der Waals surface area contributed by atoms with Crippen LogP contribution in [0.3, 0.4) is 0 Å². The first-order valence-corrected chi connectivity index (χ1v) is 6.25. The van der Waals surface area contributed by atoms with Gasteiger partial charge in [0.05, 0.1) is 13.2 Å². The van der Waals surface area contributed by atoms with Crippen molar-refractivity contribution >= 4 is 0 Å². The monoisotopic (exact) mass is 257 g/mol. The van der Waals surface area contributed by atoms with Gasteiger partial charge in [0.25, 0.3) is 0 Å². The maximum atomic E-state index is 9.49. The van der Waals surface area contributed by atoms with Crippen LogP contribution < -0.4 is 10.2 Å². The van der Waals surface area contributed by atoms with Crippen LogP contribution in [-0.2, 0) is 0 Å². The lowest BCUT2D eigenvalue weighted by Gasteiger charge is -2.34. The van der Waals surface area contributed by atoms with Crippen molar-refractivity contribution in [2.75, 3.05) is 7.11 Å². The first-order chi connectivity index (χ1) is 8.97. The molecule has 4 nitrogen and oxygen atoms in total. The standard InChI is InChI=1S/C15H19N3O/c1-11-9-15(2,3)18(17-11)14(10-16)12-5-7-13(19-4)8-6-12/h5-8,14,17H,1,9H2,2-4H3. The van der Waals surface area contributed by atoms with Crippen LogP contribution in [0.2, 0.25) is 0 Å². The summed E-state index contributed by atoms with van der Waals surface area (Å²) in [5.41, 5.74) is 4.97. The van der Waals surface area contributed by atoms with Gasteiger partial charge in [-0.25, -0.2) is 0 Å². The highest BCUT2D eigenvalue weighted by Gasteiger charge is 2.39. The van der Waals surface area contributed by atoms with E-state index in [0.717, 1.165) is 23.4 Å². The van der Waals surface area contributed by atoms with Gasteiger partial charge < -0.3 is 10.2 Å². The van der Waals surface area contributed by atoms with Gasteiger partial charge in [0.1, 0.15) is 11.8 Å². The molecule has 0 amide bonds. The van der Waals surface area contributed by atoms with Crippen LogP contribution in [0, 0.1) is 11.3 Å². The zero-order valence-corrected chi connectivity index (χ0v) is 11.6. The van der Waals surface area contributed by atoms with E-state index in [1.807, 2.05) is 29.3 Å². The van der Waals surface area contributed by atoms with E-state index in [0.29, 0.717) is 0 Å². The normalized spacial score (nSPS) is 19.6. The molecule has 1 saturated heterocycles. The predicted molar refractivity (Wildman–Crippen MR) is 74.2 cm³/mol. The van der Waals surface area contributed by atoms with E-state index < -0.39 is 0 Å². The van der Waals surface area contributed by atoms with Gasteiger partial charge in [-0.15, -0.1) is 0 Å². The lowest BCUT2D eigenvalue weighted by molar-refractivity contribution is 0.0938. The molecule has 100 valence electrons. The molecule has 1 aliphatic heterocycles. The van der Waals surface area contributed by atoms with Crippen molar-refractivity contribution in [2.24, 2.45) is 0 Å². The first-order valence-electron chi connectivity index (χ1n) is 6.25. The lowest BCUT2D eigenvalue weighted by Crippen LogP contribution is -2.45. The number of nitriles is 1. The summed E-state index contributed by atoms with van der Waals surface area (Å²) in [4.78, 5) is 0. The second kappa shape index (κ2) is 4.94. The molecule has 1 unspecified atom stereocenters. The molecular formula is C15H19N3O. The van der Waals surface area contributed by atoms with Crippen molar-refractivity contribution in [1.82, 2.24) is 10.4 Å². The third kappa shape index (κ3) is 2.56. The number of hydrogen-bond acceptors (Lipinski definition) is 4. The van der Waals surface area contributed by atoms with E-state index in [4.69, 9.17) is 4.74 Å². The zero-order chi connectivity index (χ0) is 14.0. The molecule has 1 N–H and O–H groups in total. The topological polar surface area (TPSA) is 48.3 Å². The molecule has 1 fully saturated rings. The number of benzene rings is 1. The van der Waals surface area contributed by atoms with Crippen molar-refractivity contribution in [3.05, 3.63) is 42.1 Å². The second-order valence-corrected chi connectivity index (χ2v) is 5.38. The summed E-state index contributed by atoms with van der Waals surface area (Å²) in [5.74, 6) is 0.790. The maximum absolute atomic E-state index is 9.49. The average molecular weight is 257 g/mol. The molecule has 1 aliphatic rings. The van der Waals surface area contributed by atoms with Crippen molar-refractivity contribution in [3.8, 4) is 11.8 Å². The predicted octanol–water partition coefficient (Wildman–Crippen LogP) is 2.76. The molecule has 0 aliphatic carbocycles. The van der Waals surface area contributed by atoms with Crippen LogP contribution in [0.1, 0.15) is 31.9 Å². The largest absolute Gasteiger partial charge is 0.497 e. The van der Waals surface area contributed by atoms with Gasteiger partial charge in [-0.05, 0) is 31.5 Å². The zero-order valence-electron chi connectivity index (χ0n) is 11.6. The number of nitrogens with zero attached hydrogens (tertiary/aromatic N) is 2. The highest BCUT2D eigenvalue weighted by atomic mass is 16.5. The maximum Gasteiger partial charge on any atom is 0.141 e. The van der Waals surface area contributed by atoms with Crippen LogP contribution in [0.15, 0.2) is 36.5 Å². The van der Waals surface area contributed by atoms with Crippen LogP contribution in [0.5, 0.6) is 5.75 Å². The molecule has 4 heteroatoms. The second-order valence-electron chi connectivity index (χ2n) is 5.38. The van der Waals surface area contributed by atoms with Gasteiger partial charge in [-0.3, -0.25) is 0 Å². The van der Waals surface area contributed by atoms with Crippen molar-refractivity contribution in [2.45, 2.75) is 31.8 Å². The van der Waals surface area contributed by atoms with Gasteiger partial charge in [-0.2, -0.15) is 10.3 Å². The highest BCUT2D eigenvalue weighted by Crippen LogP contribution is 2.35. The molecule has 2 rings (SSSR count). The molecule has 1 atom stereocenters. The Morgan fingerprint density at radius 2 is 2.05 bits per heavy atom. The van der Waals surface area contributed by atoms with E-state index in [1.165, 1.54) is 0 Å². The number of hydrazine groups is 1. The first kappa shape index (κ1) is 13.4. The Morgan fingerprint density at radius 1 is 1.42 bits per heavy atom. The molecule has 0 spiro atoms. The van der Waals surface area contributed by atoms with Gasteiger partial charge in [-0.1, -0.05) is 18.7 Å². The molecule has 1 aromatic rings. The Hall–Kier alpha value is -1.99. The van der Waals surface area contributed by atoms with E-state index in [2.05, 4.69) is 31.9 Å². The highest BCUT2D eigenvalue weighted by molar-refractivity contribution is 5.32.